The van der Waals surface area contributed by atoms with Crippen molar-refractivity contribution in [3.05, 3.63) is 35.4 Å². The van der Waals surface area contributed by atoms with Gasteiger partial charge < -0.3 is 15.1 Å². The van der Waals surface area contributed by atoms with Crippen LogP contribution in [0.3, 0.4) is 0 Å². The summed E-state index contributed by atoms with van der Waals surface area (Å²) in [5.41, 5.74) is 2.76. The van der Waals surface area contributed by atoms with Gasteiger partial charge in [-0.15, -0.1) is 0 Å². The fourth-order valence-corrected chi connectivity index (χ4v) is 5.28. The summed E-state index contributed by atoms with van der Waals surface area (Å²) < 4.78 is 12.1. The summed E-state index contributed by atoms with van der Waals surface area (Å²) in [5, 5.41) is 2.33. The van der Waals surface area contributed by atoms with E-state index in [1.807, 2.05) is 0 Å². The van der Waals surface area contributed by atoms with Crippen LogP contribution in [0.4, 0.5) is 0 Å². The number of nitrogens with one attached hydrogen (secondary N) is 1. The molecular formula is C17H26NO3P. The van der Waals surface area contributed by atoms with E-state index in [9.17, 15) is 14.4 Å². The second kappa shape index (κ2) is 6.45. The van der Waals surface area contributed by atoms with Crippen molar-refractivity contribution in [1.29, 1.82) is 0 Å². The van der Waals surface area contributed by atoms with Crippen LogP contribution in [0.5, 0.6) is 0 Å². The van der Waals surface area contributed by atoms with Crippen LogP contribution in [-0.2, 0) is 11.0 Å². The fraction of sp³-hybridized carbons (Fsp3) is 0.647. The highest BCUT2D eigenvalue weighted by Crippen LogP contribution is 2.56. The molecule has 4 nitrogen and oxygen atoms in total. The number of hydrogen-bond donors (Lipinski definition) is 3. The van der Waals surface area contributed by atoms with Crippen LogP contribution in [0.2, 0.25) is 0 Å². The van der Waals surface area contributed by atoms with Crippen LogP contribution >= 0.6 is 7.60 Å². The highest BCUT2D eigenvalue weighted by Gasteiger charge is 2.47. The molecule has 1 fully saturated rings. The summed E-state index contributed by atoms with van der Waals surface area (Å²) in [6.45, 7) is 0.669. The molecule has 122 valence electrons. The molecule has 1 atom stereocenters. The molecule has 2 aliphatic carbocycles. The Labute approximate surface area is 132 Å². The van der Waals surface area contributed by atoms with Crippen molar-refractivity contribution in [2.45, 2.75) is 62.6 Å². The number of fused-ring (bicyclic) bond motifs is 1. The molecule has 0 radical (unpaired) electrons. The van der Waals surface area contributed by atoms with Crippen LogP contribution in [0.25, 0.3) is 0 Å². The molecule has 1 unspecified atom stereocenters. The van der Waals surface area contributed by atoms with Gasteiger partial charge in [-0.25, -0.2) is 0 Å². The van der Waals surface area contributed by atoms with Gasteiger partial charge in [-0.3, -0.25) is 4.57 Å². The van der Waals surface area contributed by atoms with E-state index in [1.54, 1.807) is 0 Å². The Morgan fingerprint density at radius 2 is 1.86 bits per heavy atom. The molecule has 1 aromatic carbocycles. The van der Waals surface area contributed by atoms with E-state index in [4.69, 9.17) is 0 Å². The molecule has 5 heteroatoms. The summed E-state index contributed by atoms with van der Waals surface area (Å²) in [7, 11) is -4.14. The monoisotopic (exact) mass is 323 g/mol. The van der Waals surface area contributed by atoms with Gasteiger partial charge in [0.25, 0.3) is 0 Å². The Kier molecular flexibility index (Phi) is 4.75. The van der Waals surface area contributed by atoms with Gasteiger partial charge in [0.05, 0.1) is 0 Å². The van der Waals surface area contributed by atoms with E-state index in [0.29, 0.717) is 25.3 Å². The standard InChI is InChI=1S/C17H26NO3P/c19-22(20,21)17(11-4-1-5-12-17)18-13-15-9-6-8-14-7-2-3-10-16(14)15/h2-3,7,10,15,18H,1,4-6,8-9,11-13H2,(H2,19,20,21). The molecule has 0 aliphatic heterocycles. The second-order valence-corrected chi connectivity index (χ2v) is 8.75. The van der Waals surface area contributed by atoms with E-state index < -0.39 is 12.9 Å². The first-order valence-corrected chi connectivity index (χ1v) is 10.0. The van der Waals surface area contributed by atoms with Crippen LogP contribution < -0.4 is 5.32 Å². The van der Waals surface area contributed by atoms with Gasteiger partial charge in [0, 0.05) is 6.54 Å². The van der Waals surface area contributed by atoms with Gasteiger partial charge >= 0.3 is 7.60 Å². The minimum atomic E-state index is -4.14. The number of rotatable bonds is 4. The zero-order valence-corrected chi connectivity index (χ0v) is 13.9. The minimum absolute atomic E-state index is 0.371. The molecule has 3 rings (SSSR count). The van der Waals surface area contributed by atoms with Gasteiger partial charge in [0.15, 0.2) is 0 Å². The lowest BCUT2D eigenvalue weighted by Gasteiger charge is -2.40. The Bertz CT molecular complexity index is 563. The molecule has 0 saturated heterocycles. The number of aryl methyl sites for hydroxylation is 1. The molecule has 2 aliphatic rings. The zero-order valence-electron chi connectivity index (χ0n) is 13.0. The second-order valence-electron chi connectivity index (χ2n) is 6.81. The first-order chi connectivity index (χ1) is 10.5. The summed E-state index contributed by atoms with van der Waals surface area (Å²) in [5.74, 6) is 0.371. The largest absolute Gasteiger partial charge is 0.345 e. The molecule has 22 heavy (non-hydrogen) atoms. The summed E-state index contributed by atoms with van der Waals surface area (Å²) in [6.07, 6.45) is 7.44. The van der Waals surface area contributed by atoms with Crippen molar-refractivity contribution >= 4 is 7.60 Å². The first-order valence-electron chi connectivity index (χ1n) is 8.40. The first kappa shape index (κ1) is 16.2. The van der Waals surface area contributed by atoms with E-state index in [0.717, 1.165) is 38.5 Å². The van der Waals surface area contributed by atoms with Gasteiger partial charge in [-0.2, -0.15) is 0 Å². The van der Waals surface area contributed by atoms with Crippen LogP contribution in [0.1, 0.15) is 62.0 Å². The van der Waals surface area contributed by atoms with Crippen molar-refractivity contribution in [2.75, 3.05) is 6.54 Å². The molecule has 0 aromatic heterocycles. The molecular weight excluding hydrogens is 297 g/mol. The van der Waals surface area contributed by atoms with E-state index in [-0.39, 0.29) is 0 Å². The lowest BCUT2D eigenvalue weighted by atomic mass is 9.82. The van der Waals surface area contributed by atoms with E-state index in [1.165, 1.54) is 11.1 Å². The van der Waals surface area contributed by atoms with E-state index in [2.05, 4.69) is 29.6 Å². The summed E-state index contributed by atoms with van der Waals surface area (Å²) in [4.78, 5) is 19.7. The zero-order chi connectivity index (χ0) is 15.6. The van der Waals surface area contributed by atoms with Crippen molar-refractivity contribution < 1.29 is 14.4 Å². The summed E-state index contributed by atoms with van der Waals surface area (Å²) in [6, 6.07) is 8.50. The number of hydrogen-bond acceptors (Lipinski definition) is 2. The Hall–Kier alpha value is -0.670. The van der Waals surface area contributed by atoms with Gasteiger partial charge in [-0.1, -0.05) is 43.5 Å². The van der Waals surface area contributed by atoms with Crippen LogP contribution in [0, 0.1) is 0 Å². The third-order valence-electron chi connectivity index (χ3n) is 5.41. The maximum Gasteiger partial charge on any atom is 0.345 e. The molecule has 0 spiro atoms. The predicted octanol–water partition coefficient (Wildman–Crippen LogP) is 3.53. The lowest BCUT2D eigenvalue weighted by molar-refractivity contribution is 0.240. The van der Waals surface area contributed by atoms with Crippen molar-refractivity contribution in [3.63, 3.8) is 0 Å². The Morgan fingerprint density at radius 3 is 2.59 bits per heavy atom. The fourth-order valence-electron chi connectivity index (χ4n) is 4.09. The van der Waals surface area contributed by atoms with Gasteiger partial charge in [0.1, 0.15) is 5.28 Å². The number of benzene rings is 1. The maximum atomic E-state index is 12.1. The lowest BCUT2D eigenvalue weighted by Crippen LogP contribution is -2.48. The normalized spacial score (nSPS) is 24.7. The predicted molar refractivity (Wildman–Crippen MR) is 88.0 cm³/mol. The van der Waals surface area contributed by atoms with Crippen LogP contribution in [0.15, 0.2) is 24.3 Å². The summed E-state index contributed by atoms with van der Waals surface area (Å²) >= 11 is 0. The van der Waals surface area contributed by atoms with Crippen molar-refractivity contribution in [3.8, 4) is 0 Å². The minimum Gasteiger partial charge on any atom is -0.323 e. The average molecular weight is 323 g/mol. The van der Waals surface area contributed by atoms with Gasteiger partial charge in [0.2, 0.25) is 0 Å². The molecule has 1 aromatic rings. The van der Waals surface area contributed by atoms with Gasteiger partial charge in [-0.05, 0) is 49.1 Å². The van der Waals surface area contributed by atoms with Crippen molar-refractivity contribution in [2.24, 2.45) is 0 Å². The third kappa shape index (κ3) is 3.16. The maximum absolute atomic E-state index is 12.1. The quantitative estimate of drug-likeness (QED) is 0.741. The highest BCUT2D eigenvalue weighted by atomic mass is 31.2. The smallest absolute Gasteiger partial charge is 0.323 e. The molecule has 1 saturated carbocycles. The molecule has 0 amide bonds. The average Bonchev–Trinajstić information content (AvgIpc) is 2.53. The topological polar surface area (TPSA) is 69.6 Å². The van der Waals surface area contributed by atoms with Crippen molar-refractivity contribution in [1.82, 2.24) is 5.32 Å². The highest BCUT2D eigenvalue weighted by molar-refractivity contribution is 7.53. The van der Waals surface area contributed by atoms with E-state index >= 15 is 0 Å². The molecule has 0 bridgehead atoms. The molecule has 0 heterocycles. The Balaban J connectivity index is 1.75. The Morgan fingerprint density at radius 1 is 1.14 bits per heavy atom. The molecule has 3 N–H and O–H groups in total. The SMILES string of the molecule is O=P(O)(O)C1(NCC2CCCc3ccccc32)CCCCC1. The third-order valence-corrected chi connectivity index (χ3v) is 7.13. The van der Waals surface area contributed by atoms with Crippen LogP contribution in [-0.4, -0.2) is 21.6 Å².